The van der Waals surface area contributed by atoms with Gasteiger partial charge in [-0.25, -0.2) is 9.97 Å². The van der Waals surface area contributed by atoms with Crippen LogP contribution in [0.5, 0.6) is 0 Å². The van der Waals surface area contributed by atoms with Gasteiger partial charge in [-0.2, -0.15) is 4.98 Å². The van der Waals surface area contributed by atoms with E-state index in [1.807, 2.05) is 0 Å². The summed E-state index contributed by atoms with van der Waals surface area (Å²) < 4.78 is 5.28. The van der Waals surface area contributed by atoms with Gasteiger partial charge in [0.2, 0.25) is 5.95 Å². The van der Waals surface area contributed by atoms with E-state index in [0.717, 1.165) is 32.3 Å². The Bertz CT molecular complexity index is 508. The van der Waals surface area contributed by atoms with Crippen molar-refractivity contribution in [2.24, 2.45) is 0 Å². The molecule has 0 atom stereocenters. The van der Waals surface area contributed by atoms with Crippen LogP contribution in [-0.4, -0.2) is 46.2 Å². The Balaban J connectivity index is 2.01. The molecule has 6 nitrogen and oxygen atoms in total. The zero-order chi connectivity index (χ0) is 11.0. The van der Waals surface area contributed by atoms with E-state index in [1.165, 1.54) is 6.33 Å². The first-order valence-electron chi connectivity index (χ1n) is 5.03. The molecule has 1 aliphatic rings. The summed E-state index contributed by atoms with van der Waals surface area (Å²) in [6, 6.07) is 0. The summed E-state index contributed by atoms with van der Waals surface area (Å²) in [6.07, 6.45) is 1.41. The Morgan fingerprint density at radius 2 is 2.12 bits per heavy atom. The molecule has 0 saturated carbocycles. The smallest absolute Gasteiger partial charge is 0.205 e. The van der Waals surface area contributed by atoms with Crippen LogP contribution in [0.4, 0.5) is 5.95 Å². The van der Waals surface area contributed by atoms with Crippen LogP contribution in [0.3, 0.4) is 0 Å². The number of imidazole rings is 1. The zero-order valence-electron chi connectivity index (χ0n) is 8.48. The number of morpholine rings is 1. The van der Waals surface area contributed by atoms with Crippen molar-refractivity contribution in [3.63, 3.8) is 0 Å². The molecule has 0 aliphatic carbocycles. The van der Waals surface area contributed by atoms with E-state index >= 15 is 0 Å². The number of fused-ring (bicyclic) bond motifs is 1. The molecule has 3 heterocycles. The first kappa shape index (κ1) is 9.80. The molecular formula is C9H10ClN5O. The molecule has 16 heavy (non-hydrogen) atoms. The molecule has 0 spiro atoms. The molecule has 7 heteroatoms. The van der Waals surface area contributed by atoms with Crippen LogP contribution >= 0.6 is 11.6 Å². The third-order valence-corrected chi connectivity index (χ3v) is 2.83. The number of hydrogen-bond acceptors (Lipinski definition) is 5. The number of rotatable bonds is 1. The Kier molecular flexibility index (Phi) is 2.37. The standard InChI is InChI=1S/C9H10ClN5O/c10-7-6-8(12-5-11-7)14-9(13-6)15-1-3-16-4-2-15/h5H,1-4H2,(H,11,12,13,14). The highest BCUT2D eigenvalue weighted by atomic mass is 35.5. The van der Waals surface area contributed by atoms with Crippen LogP contribution in [0.25, 0.3) is 11.2 Å². The third kappa shape index (κ3) is 1.60. The van der Waals surface area contributed by atoms with Gasteiger partial charge in [0, 0.05) is 13.1 Å². The van der Waals surface area contributed by atoms with Gasteiger partial charge in [-0.05, 0) is 0 Å². The lowest BCUT2D eigenvalue weighted by Crippen LogP contribution is -2.36. The molecule has 1 saturated heterocycles. The van der Waals surface area contributed by atoms with E-state index in [1.54, 1.807) is 0 Å². The summed E-state index contributed by atoms with van der Waals surface area (Å²) in [5.41, 5.74) is 1.28. The summed E-state index contributed by atoms with van der Waals surface area (Å²) in [7, 11) is 0. The van der Waals surface area contributed by atoms with Crippen molar-refractivity contribution in [2.45, 2.75) is 0 Å². The number of ether oxygens (including phenoxy) is 1. The molecular weight excluding hydrogens is 230 g/mol. The highest BCUT2D eigenvalue weighted by molar-refractivity contribution is 6.33. The van der Waals surface area contributed by atoms with Gasteiger partial charge >= 0.3 is 0 Å². The predicted molar refractivity (Wildman–Crippen MR) is 59.7 cm³/mol. The van der Waals surface area contributed by atoms with Gasteiger partial charge in [0.05, 0.1) is 13.2 Å². The summed E-state index contributed by atoms with van der Waals surface area (Å²) in [6.45, 7) is 3.09. The number of anilines is 1. The fourth-order valence-corrected chi connectivity index (χ4v) is 1.89. The Labute approximate surface area is 96.6 Å². The van der Waals surface area contributed by atoms with Crippen LogP contribution in [0.15, 0.2) is 6.33 Å². The topological polar surface area (TPSA) is 66.9 Å². The Morgan fingerprint density at radius 1 is 1.31 bits per heavy atom. The largest absolute Gasteiger partial charge is 0.378 e. The molecule has 2 aromatic rings. The fraction of sp³-hybridized carbons (Fsp3) is 0.444. The number of H-pyrrole nitrogens is 1. The van der Waals surface area contributed by atoms with E-state index < -0.39 is 0 Å². The number of aromatic nitrogens is 4. The van der Waals surface area contributed by atoms with Gasteiger partial charge in [-0.15, -0.1) is 0 Å². The van der Waals surface area contributed by atoms with Crippen molar-refractivity contribution in [3.8, 4) is 0 Å². The maximum atomic E-state index is 5.94. The first-order chi connectivity index (χ1) is 7.84. The highest BCUT2D eigenvalue weighted by Crippen LogP contribution is 2.20. The molecule has 84 valence electrons. The minimum absolute atomic E-state index is 0.400. The second-order valence-electron chi connectivity index (χ2n) is 3.52. The van der Waals surface area contributed by atoms with Crippen LogP contribution in [0.1, 0.15) is 0 Å². The molecule has 2 aromatic heterocycles. The fourth-order valence-electron chi connectivity index (χ4n) is 1.71. The highest BCUT2D eigenvalue weighted by Gasteiger charge is 2.16. The molecule has 0 unspecified atom stereocenters. The van der Waals surface area contributed by atoms with Crippen LogP contribution in [-0.2, 0) is 4.74 Å². The van der Waals surface area contributed by atoms with E-state index in [4.69, 9.17) is 16.3 Å². The van der Waals surface area contributed by atoms with Gasteiger partial charge in [0.25, 0.3) is 0 Å². The maximum Gasteiger partial charge on any atom is 0.205 e. The van der Waals surface area contributed by atoms with Crippen molar-refractivity contribution in [1.82, 2.24) is 19.9 Å². The predicted octanol–water partition coefficient (Wildman–Crippen LogP) is 0.843. The molecule has 1 fully saturated rings. The lowest BCUT2D eigenvalue weighted by Gasteiger charge is -2.25. The Hall–Kier alpha value is -1.40. The Morgan fingerprint density at radius 3 is 2.88 bits per heavy atom. The number of aromatic amines is 1. The molecule has 1 N–H and O–H groups in total. The van der Waals surface area contributed by atoms with Crippen molar-refractivity contribution >= 4 is 28.7 Å². The van der Waals surface area contributed by atoms with Crippen LogP contribution in [0, 0.1) is 0 Å². The minimum Gasteiger partial charge on any atom is -0.378 e. The zero-order valence-corrected chi connectivity index (χ0v) is 9.24. The number of hydrogen-bond donors (Lipinski definition) is 1. The summed E-state index contributed by atoms with van der Waals surface area (Å²) >= 11 is 5.94. The molecule has 0 radical (unpaired) electrons. The summed E-state index contributed by atoms with van der Waals surface area (Å²) in [5.74, 6) is 0.778. The number of nitrogens with zero attached hydrogens (tertiary/aromatic N) is 4. The maximum absolute atomic E-state index is 5.94. The number of nitrogens with one attached hydrogen (secondary N) is 1. The third-order valence-electron chi connectivity index (χ3n) is 2.54. The van der Waals surface area contributed by atoms with Gasteiger partial charge in [-0.3, -0.25) is 0 Å². The van der Waals surface area contributed by atoms with Crippen molar-refractivity contribution in [2.75, 3.05) is 31.2 Å². The average Bonchev–Trinajstić information content (AvgIpc) is 2.76. The van der Waals surface area contributed by atoms with Gasteiger partial charge < -0.3 is 14.6 Å². The second-order valence-corrected chi connectivity index (χ2v) is 3.88. The molecule has 0 bridgehead atoms. The molecule has 0 amide bonds. The SMILES string of the molecule is Clc1ncnc2nc(N3CCOCC3)[nH]c12. The lowest BCUT2D eigenvalue weighted by atomic mass is 10.4. The molecule has 0 aromatic carbocycles. The van der Waals surface area contributed by atoms with Crippen LogP contribution < -0.4 is 4.90 Å². The average molecular weight is 240 g/mol. The monoisotopic (exact) mass is 239 g/mol. The van der Waals surface area contributed by atoms with Crippen LogP contribution in [0.2, 0.25) is 5.15 Å². The molecule has 1 aliphatic heterocycles. The summed E-state index contributed by atoms with van der Waals surface area (Å²) in [4.78, 5) is 17.6. The lowest BCUT2D eigenvalue weighted by molar-refractivity contribution is 0.122. The molecule has 3 rings (SSSR count). The van der Waals surface area contributed by atoms with E-state index in [2.05, 4.69) is 24.8 Å². The number of halogens is 1. The second kappa shape index (κ2) is 3.88. The van der Waals surface area contributed by atoms with Crippen molar-refractivity contribution in [3.05, 3.63) is 11.5 Å². The van der Waals surface area contributed by atoms with Gasteiger partial charge in [0.15, 0.2) is 10.8 Å². The normalized spacial score (nSPS) is 16.9. The van der Waals surface area contributed by atoms with Crippen molar-refractivity contribution < 1.29 is 4.74 Å². The van der Waals surface area contributed by atoms with Gasteiger partial charge in [0.1, 0.15) is 11.8 Å². The first-order valence-corrected chi connectivity index (χ1v) is 5.41. The summed E-state index contributed by atoms with van der Waals surface area (Å²) in [5, 5.41) is 0.400. The van der Waals surface area contributed by atoms with Gasteiger partial charge in [-0.1, -0.05) is 11.6 Å². The van der Waals surface area contributed by atoms with E-state index in [-0.39, 0.29) is 0 Å². The van der Waals surface area contributed by atoms with Crippen molar-refractivity contribution in [1.29, 1.82) is 0 Å². The van der Waals surface area contributed by atoms with E-state index in [0.29, 0.717) is 16.3 Å². The minimum atomic E-state index is 0.400. The quantitative estimate of drug-likeness (QED) is 0.747. The van der Waals surface area contributed by atoms with E-state index in [9.17, 15) is 0 Å².